The van der Waals surface area contributed by atoms with Crippen molar-refractivity contribution >= 4 is 5.91 Å². The smallest absolute Gasteiger partial charge is 0.243 e. The summed E-state index contributed by atoms with van der Waals surface area (Å²) < 4.78 is 4.93. The summed E-state index contributed by atoms with van der Waals surface area (Å²) in [5.41, 5.74) is 2.07. The summed E-state index contributed by atoms with van der Waals surface area (Å²) in [5, 5.41) is 0. The highest BCUT2D eigenvalue weighted by molar-refractivity contribution is 5.74. The third-order valence-corrected chi connectivity index (χ3v) is 1.46. The van der Waals surface area contributed by atoms with Crippen LogP contribution in [-0.4, -0.2) is 25.2 Å². The topological polar surface area (TPSA) is 47.6 Å². The van der Waals surface area contributed by atoms with Gasteiger partial charge in [-0.15, -0.1) is 0 Å². The van der Waals surface area contributed by atoms with E-state index < -0.39 is 0 Å². The van der Waals surface area contributed by atoms with Crippen LogP contribution >= 0.6 is 0 Å². The van der Waals surface area contributed by atoms with Crippen molar-refractivity contribution in [3.05, 3.63) is 0 Å². The summed E-state index contributed by atoms with van der Waals surface area (Å²) in [6.45, 7) is 8.19. The lowest BCUT2D eigenvalue weighted by Gasteiger charge is -2.19. The molecule has 84 valence electrons. The summed E-state index contributed by atoms with van der Waals surface area (Å²) in [5.74, 6) is 0.105. The third-order valence-electron chi connectivity index (χ3n) is 1.46. The largest absolute Gasteiger partial charge is 0.384 e. The average molecular weight is 203 g/mol. The Balaban J connectivity index is 3.65. The average Bonchev–Trinajstić information content (AvgIpc) is 2.00. The van der Waals surface area contributed by atoms with Crippen molar-refractivity contribution in [3.8, 4) is 0 Å². The molecule has 0 aliphatic heterocycles. The van der Waals surface area contributed by atoms with Crippen molar-refractivity contribution in [2.45, 2.75) is 39.7 Å². The Bertz CT molecular complexity index is 175. The fourth-order valence-electron chi connectivity index (χ4n) is 0.912. The molecule has 0 aromatic heterocycles. The molecule has 0 aliphatic rings. The molecule has 4 nitrogen and oxygen atoms in total. The SMILES string of the molecule is COCC(C)CC(=O)NOC(C)(C)C. The second-order valence-corrected chi connectivity index (χ2v) is 4.50. The van der Waals surface area contributed by atoms with Crippen LogP contribution in [0.2, 0.25) is 0 Å². The predicted octanol–water partition coefficient (Wildman–Crippen LogP) is 1.51. The first-order valence-corrected chi connectivity index (χ1v) is 4.81. The lowest BCUT2D eigenvalue weighted by Crippen LogP contribution is -2.34. The highest BCUT2D eigenvalue weighted by atomic mass is 16.7. The summed E-state index contributed by atoms with van der Waals surface area (Å²) in [7, 11) is 1.63. The number of amides is 1. The van der Waals surface area contributed by atoms with Crippen molar-refractivity contribution < 1.29 is 14.4 Å². The maximum absolute atomic E-state index is 11.3. The van der Waals surface area contributed by atoms with Gasteiger partial charge in [0.2, 0.25) is 5.91 Å². The van der Waals surface area contributed by atoms with E-state index >= 15 is 0 Å². The van der Waals surface area contributed by atoms with Gasteiger partial charge in [0.05, 0.1) is 5.60 Å². The Morgan fingerprint density at radius 2 is 2.00 bits per heavy atom. The first-order chi connectivity index (χ1) is 6.35. The minimum Gasteiger partial charge on any atom is -0.384 e. The fourth-order valence-corrected chi connectivity index (χ4v) is 0.912. The Labute approximate surface area is 85.9 Å². The Morgan fingerprint density at radius 3 is 2.43 bits per heavy atom. The van der Waals surface area contributed by atoms with Gasteiger partial charge in [-0.25, -0.2) is 5.48 Å². The van der Waals surface area contributed by atoms with Crippen molar-refractivity contribution in [2.24, 2.45) is 5.92 Å². The van der Waals surface area contributed by atoms with Gasteiger partial charge >= 0.3 is 0 Å². The van der Waals surface area contributed by atoms with Crippen LogP contribution < -0.4 is 5.48 Å². The van der Waals surface area contributed by atoms with Gasteiger partial charge in [0.25, 0.3) is 0 Å². The molecule has 0 bridgehead atoms. The zero-order valence-corrected chi connectivity index (χ0v) is 9.72. The predicted molar refractivity (Wildman–Crippen MR) is 54.6 cm³/mol. The first kappa shape index (κ1) is 13.4. The van der Waals surface area contributed by atoms with Crippen LogP contribution in [0.4, 0.5) is 0 Å². The Morgan fingerprint density at radius 1 is 1.43 bits per heavy atom. The van der Waals surface area contributed by atoms with Gasteiger partial charge in [0.1, 0.15) is 0 Å². The van der Waals surface area contributed by atoms with Gasteiger partial charge in [-0.05, 0) is 26.7 Å². The van der Waals surface area contributed by atoms with Gasteiger partial charge in [-0.3, -0.25) is 9.63 Å². The molecule has 0 fully saturated rings. The molecule has 0 aromatic rings. The number of hydrogen-bond donors (Lipinski definition) is 1. The van der Waals surface area contributed by atoms with Gasteiger partial charge in [0.15, 0.2) is 0 Å². The molecule has 0 saturated heterocycles. The molecule has 1 N–H and O–H groups in total. The molecule has 0 spiro atoms. The van der Waals surface area contributed by atoms with E-state index in [0.29, 0.717) is 13.0 Å². The zero-order chi connectivity index (χ0) is 11.2. The lowest BCUT2D eigenvalue weighted by atomic mass is 10.1. The van der Waals surface area contributed by atoms with Gasteiger partial charge in [-0.2, -0.15) is 0 Å². The lowest BCUT2D eigenvalue weighted by molar-refractivity contribution is -0.146. The van der Waals surface area contributed by atoms with Crippen molar-refractivity contribution in [2.75, 3.05) is 13.7 Å². The minimum atomic E-state index is -0.347. The quantitative estimate of drug-likeness (QED) is 0.689. The van der Waals surface area contributed by atoms with Crippen molar-refractivity contribution in [1.82, 2.24) is 5.48 Å². The third kappa shape index (κ3) is 8.01. The van der Waals surface area contributed by atoms with Crippen LogP contribution in [0.5, 0.6) is 0 Å². The van der Waals surface area contributed by atoms with E-state index in [2.05, 4.69) is 5.48 Å². The van der Waals surface area contributed by atoms with Gasteiger partial charge in [-0.1, -0.05) is 6.92 Å². The highest BCUT2D eigenvalue weighted by Gasteiger charge is 2.14. The molecular weight excluding hydrogens is 182 g/mol. The van der Waals surface area contributed by atoms with Crippen LogP contribution in [0.1, 0.15) is 34.1 Å². The number of methoxy groups -OCH3 is 1. The summed E-state index contributed by atoms with van der Waals surface area (Å²) >= 11 is 0. The molecule has 0 aromatic carbocycles. The molecule has 0 rings (SSSR count). The standard InChI is InChI=1S/C10H21NO3/c1-8(7-13-5)6-9(12)11-14-10(2,3)4/h8H,6-7H2,1-5H3,(H,11,12). The van der Waals surface area contributed by atoms with Crippen LogP contribution in [-0.2, 0) is 14.4 Å². The minimum absolute atomic E-state index is 0.107. The maximum Gasteiger partial charge on any atom is 0.243 e. The van der Waals surface area contributed by atoms with Crippen molar-refractivity contribution in [3.63, 3.8) is 0 Å². The zero-order valence-electron chi connectivity index (χ0n) is 9.72. The molecule has 0 heterocycles. The number of hydrogen-bond acceptors (Lipinski definition) is 3. The molecular formula is C10H21NO3. The van der Waals surface area contributed by atoms with E-state index in [1.165, 1.54) is 0 Å². The van der Waals surface area contributed by atoms with Crippen LogP contribution in [0.25, 0.3) is 0 Å². The van der Waals surface area contributed by atoms with Crippen LogP contribution in [0, 0.1) is 5.92 Å². The second kappa shape index (κ2) is 5.98. The number of ether oxygens (including phenoxy) is 1. The van der Waals surface area contributed by atoms with E-state index in [1.54, 1.807) is 7.11 Å². The summed E-state index contributed by atoms with van der Waals surface area (Å²) in [6.07, 6.45) is 0.421. The normalized spacial score (nSPS) is 13.8. The van der Waals surface area contributed by atoms with E-state index in [4.69, 9.17) is 9.57 Å². The molecule has 1 atom stereocenters. The van der Waals surface area contributed by atoms with E-state index in [0.717, 1.165) is 0 Å². The number of rotatable bonds is 5. The molecule has 14 heavy (non-hydrogen) atoms. The van der Waals surface area contributed by atoms with Crippen molar-refractivity contribution in [1.29, 1.82) is 0 Å². The van der Waals surface area contributed by atoms with E-state index in [1.807, 2.05) is 27.7 Å². The fraction of sp³-hybridized carbons (Fsp3) is 0.900. The molecule has 0 aliphatic carbocycles. The molecule has 0 saturated carbocycles. The highest BCUT2D eigenvalue weighted by Crippen LogP contribution is 2.05. The Kier molecular flexibility index (Phi) is 5.72. The van der Waals surface area contributed by atoms with E-state index in [-0.39, 0.29) is 17.4 Å². The molecule has 1 amide bonds. The van der Waals surface area contributed by atoms with E-state index in [9.17, 15) is 4.79 Å². The monoisotopic (exact) mass is 203 g/mol. The number of carbonyl (C=O) groups excluding carboxylic acids is 1. The van der Waals surface area contributed by atoms with Gasteiger partial charge < -0.3 is 4.74 Å². The second-order valence-electron chi connectivity index (χ2n) is 4.50. The summed E-state index contributed by atoms with van der Waals surface area (Å²) in [4.78, 5) is 16.4. The first-order valence-electron chi connectivity index (χ1n) is 4.81. The molecule has 0 radical (unpaired) electrons. The number of carbonyl (C=O) groups is 1. The molecule has 1 unspecified atom stereocenters. The van der Waals surface area contributed by atoms with Gasteiger partial charge in [0, 0.05) is 20.1 Å². The summed E-state index contributed by atoms with van der Waals surface area (Å²) in [6, 6.07) is 0. The maximum atomic E-state index is 11.3. The Hall–Kier alpha value is -0.610. The number of hydroxylamine groups is 1. The molecule has 4 heteroatoms. The van der Waals surface area contributed by atoms with Crippen LogP contribution in [0.15, 0.2) is 0 Å². The number of nitrogens with one attached hydrogen (secondary N) is 1. The van der Waals surface area contributed by atoms with Crippen LogP contribution in [0.3, 0.4) is 0 Å².